The van der Waals surface area contributed by atoms with E-state index in [0.29, 0.717) is 13.1 Å². The predicted octanol–water partition coefficient (Wildman–Crippen LogP) is 1.63. The summed E-state index contributed by atoms with van der Waals surface area (Å²) in [7, 11) is 0. The van der Waals surface area contributed by atoms with Crippen LogP contribution in [-0.4, -0.2) is 26.2 Å². The normalized spacial score (nSPS) is 11.0. The Kier molecular flexibility index (Phi) is 3.16. The van der Waals surface area contributed by atoms with Crippen molar-refractivity contribution in [3.63, 3.8) is 0 Å². The van der Waals surface area contributed by atoms with E-state index in [-0.39, 0.29) is 6.61 Å². The average molecular weight is 258 g/mol. The molecule has 98 valence electrons. The van der Waals surface area contributed by atoms with E-state index >= 15 is 0 Å². The second kappa shape index (κ2) is 5.11. The Morgan fingerprint density at radius 1 is 1.32 bits per heavy atom. The number of nitrogens with zero attached hydrogens (tertiary/aromatic N) is 3. The monoisotopic (exact) mass is 258 g/mol. The van der Waals surface area contributed by atoms with E-state index in [0.717, 1.165) is 22.6 Å². The maximum Gasteiger partial charge on any atom is 0.145 e. The highest BCUT2D eigenvalue weighted by molar-refractivity contribution is 5.87. The molecule has 2 N–H and O–H groups in total. The number of fused-ring (bicyclic) bond motifs is 1. The third-order valence-corrected chi connectivity index (χ3v) is 2.91. The Morgan fingerprint density at radius 3 is 3.05 bits per heavy atom. The van der Waals surface area contributed by atoms with Crippen molar-refractivity contribution in [3.8, 4) is 0 Å². The van der Waals surface area contributed by atoms with E-state index in [2.05, 4.69) is 15.3 Å². The molecule has 6 heteroatoms. The first kappa shape index (κ1) is 11.7. The fourth-order valence-electron chi connectivity index (χ4n) is 2.02. The van der Waals surface area contributed by atoms with Crippen molar-refractivity contribution in [1.82, 2.24) is 14.5 Å². The Balaban J connectivity index is 1.87. The van der Waals surface area contributed by atoms with E-state index in [1.165, 1.54) is 6.33 Å². The van der Waals surface area contributed by atoms with Crippen LogP contribution in [0.1, 0.15) is 5.76 Å². The van der Waals surface area contributed by atoms with E-state index in [1.807, 2.05) is 29.0 Å². The van der Waals surface area contributed by atoms with Crippen LogP contribution in [0, 0.1) is 0 Å². The first-order valence-corrected chi connectivity index (χ1v) is 6.05. The molecule has 0 aromatic carbocycles. The summed E-state index contributed by atoms with van der Waals surface area (Å²) in [5, 5.41) is 13.2. The van der Waals surface area contributed by atoms with Gasteiger partial charge in [0, 0.05) is 12.7 Å². The summed E-state index contributed by atoms with van der Waals surface area (Å²) in [6, 6.07) is 5.70. The zero-order valence-electron chi connectivity index (χ0n) is 10.3. The molecule has 0 atom stereocenters. The van der Waals surface area contributed by atoms with Gasteiger partial charge in [-0.3, -0.25) is 0 Å². The van der Waals surface area contributed by atoms with Gasteiger partial charge in [0.05, 0.1) is 24.8 Å². The molecule has 0 spiro atoms. The van der Waals surface area contributed by atoms with Gasteiger partial charge in [0.2, 0.25) is 0 Å². The molecule has 3 aromatic heterocycles. The van der Waals surface area contributed by atoms with Crippen molar-refractivity contribution >= 4 is 16.9 Å². The molecule has 0 fully saturated rings. The molecule has 0 saturated carbocycles. The SMILES string of the molecule is OCCn1ccc2c(NCc3ccco3)ncnc21. The van der Waals surface area contributed by atoms with Gasteiger partial charge in [0.1, 0.15) is 23.6 Å². The zero-order valence-corrected chi connectivity index (χ0v) is 10.3. The predicted molar refractivity (Wildman–Crippen MR) is 70.6 cm³/mol. The van der Waals surface area contributed by atoms with E-state index in [1.54, 1.807) is 6.26 Å². The quantitative estimate of drug-likeness (QED) is 0.727. The minimum atomic E-state index is 0.0863. The molecule has 3 aromatic rings. The number of hydrogen-bond acceptors (Lipinski definition) is 5. The number of aliphatic hydroxyl groups excluding tert-OH is 1. The molecule has 0 amide bonds. The van der Waals surface area contributed by atoms with Gasteiger partial charge < -0.3 is 19.4 Å². The molecular formula is C13H14N4O2. The van der Waals surface area contributed by atoms with Gasteiger partial charge in [-0.2, -0.15) is 0 Å². The number of nitrogens with one attached hydrogen (secondary N) is 1. The zero-order chi connectivity index (χ0) is 13.1. The van der Waals surface area contributed by atoms with Crippen molar-refractivity contribution in [3.05, 3.63) is 42.7 Å². The van der Waals surface area contributed by atoms with Crippen molar-refractivity contribution in [1.29, 1.82) is 0 Å². The van der Waals surface area contributed by atoms with Crippen LogP contribution in [-0.2, 0) is 13.1 Å². The molecule has 6 nitrogen and oxygen atoms in total. The van der Waals surface area contributed by atoms with Gasteiger partial charge in [0.15, 0.2) is 0 Å². The highest BCUT2D eigenvalue weighted by atomic mass is 16.3. The van der Waals surface area contributed by atoms with Gasteiger partial charge in [0.25, 0.3) is 0 Å². The van der Waals surface area contributed by atoms with Crippen molar-refractivity contribution in [2.24, 2.45) is 0 Å². The van der Waals surface area contributed by atoms with Gasteiger partial charge in [-0.05, 0) is 18.2 Å². The maximum absolute atomic E-state index is 9.00. The van der Waals surface area contributed by atoms with Crippen molar-refractivity contribution in [2.75, 3.05) is 11.9 Å². The number of anilines is 1. The second-order valence-corrected chi connectivity index (χ2v) is 4.13. The Hall–Kier alpha value is -2.34. The summed E-state index contributed by atoms with van der Waals surface area (Å²) in [5.74, 6) is 1.61. The first-order valence-electron chi connectivity index (χ1n) is 6.05. The summed E-state index contributed by atoms with van der Waals surface area (Å²) in [5.41, 5.74) is 0.811. The number of aromatic nitrogens is 3. The lowest BCUT2D eigenvalue weighted by Gasteiger charge is -2.06. The Labute approximate surface area is 109 Å². The first-order chi connectivity index (χ1) is 9.38. The Morgan fingerprint density at radius 2 is 2.26 bits per heavy atom. The van der Waals surface area contributed by atoms with E-state index in [9.17, 15) is 0 Å². The lowest BCUT2D eigenvalue weighted by Crippen LogP contribution is -2.04. The highest BCUT2D eigenvalue weighted by Crippen LogP contribution is 2.20. The van der Waals surface area contributed by atoms with Gasteiger partial charge >= 0.3 is 0 Å². The number of aliphatic hydroxyl groups is 1. The number of furan rings is 1. The Bertz CT molecular complexity index is 660. The lowest BCUT2D eigenvalue weighted by molar-refractivity contribution is 0.278. The highest BCUT2D eigenvalue weighted by Gasteiger charge is 2.08. The van der Waals surface area contributed by atoms with Crippen LogP contribution in [0.25, 0.3) is 11.0 Å². The van der Waals surface area contributed by atoms with Crippen LogP contribution in [0.4, 0.5) is 5.82 Å². The topological polar surface area (TPSA) is 76.1 Å². The van der Waals surface area contributed by atoms with Crippen molar-refractivity contribution < 1.29 is 9.52 Å². The van der Waals surface area contributed by atoms with Crippen LogP contribution >= 0.6 is 0 Å². The summed E-state index contributed by atoms with van der Waals surface area (Å²) < 4.78 is 7.16. The van der Waals surface area contributed by atoms with Crippen LogP contribution in [0.15, 0.2) is 41.4 Å². The molecule has 3 rings (SSSR count). The average Bonchev–Trinajstić information content (AvgIpc) is 3.07. The van der Waals surface area contributed by atoms with Gasteiger partial charge in [-0.25, -0.2) is 9.97 Å². The van der Waals surface area contributed by atoms with Crippen LogP contribution in [0.2, 0.25) is 0 Å². The molecule has 0 saturated heterocycles. The molecule has 0 bridgehead atoms. The second-order valence-electron chi connectivity index (χ2n) is 4.13. The molecule has 0 radical (unpaired) electrons. The number of hydrogen-bond donors (Lipinski definition) is 2. The minimum Gasteiger partial charge on any atom is -0.467 e. The standard InChI is InChI=1S/C13H14N4O2/c18-6-5-17-4-3-11-12(15-9-16-13(11)17)14-8-10-2-1-7-19-10/h1-4,7,9,18H,5-6,8H2,(H,14,15,16). The number of rotatable bonds is 5. The smallest absolute Gasteiger partial charge is 0.145 e. The summed E-state index contributed by atoms with van der Waals surface area (Å²) in [4.78, 5) is 8.48. The largest absolute Gasteiger partial charge is 0.467 e. The molecular weight excluding hydrogens is 244 g/mol. The van der Waals surface area contributed by atoms with Crippen LogP contribution < -0.4 is 5.32 Å². The molecule has 0 aliphatic carbocycles. The fraction of sp³-hybridized carbons (Fsp3) is 0.231. The molecule has 3 heterocycles. The summed E-state index contributed by atoms with van der Waals surface area (Å²) >= 11 is 0. The summed E-state index contributed by atoms with van der Waals surface area (Å²) in [6.07, 6.45) is 5.05. The molecule has 0 unspecified atom stereocenters. The van der Waals surface area contributed by atoms with Gasteiger partial charge in [-0.15, -0.1) is 0 Å². The van der Waals surface area contributed by atoms with Crippen molar-refractivity contribution in [2.45, 2.75) is 13.1 Å². The third kappa shape index (κ3) is 2.30. The van der Waals surface area contributed by atoms with Crippen LogP contribution in [0.3, 0.4) is 0 Å². The molecule has 0 aliphatic heterocycles. The molecule has 0 aliphatic rings. The van der Waals surface area contributed by atoms with Gasteiger partial charge in [-0.1, -0.05) is 0 Å². The third-order valence-electron chi connectivity index (χ3n) is 2.91. The molecule has 19 heavy (non-hydrogen) atoms. The maximum atomic E-state index is 9.00. The van der Waals surface area contributed by atoms with Crippen LogP contribution in [0.5, 0.6) is 0 Å². The van der Waals surface area contributed by atoms with E-state index in [4.69, 9.17) is 9.52 Å². The fourth-order valence-corrected chi connectivity index (χ4v) is 2.02. The minimum absolute atomic E-state index is 0.0863. The summed E-state index contributed by atoms with van der Waals surface area (Å²) in [6.45, 7) is 1.19. The van der Waals surface area contributed by atoms with E-state index < -0.39 is 0 Å². The lowest BCUT2D eigenvalue weighted by atomic mass is 10.3.